The molecule has 0 heterocycles. The first-order valence-corrected chi connectivity index (χ1v) is 6.47. The van der Waals surface area contributed by atoms with Gasteiger partial charge in [0.2, 0.25) is 10.0 Å². The second kappa shape index (κ2) is 4.14. The normalized spacial score (nSPS) is 11.7. The van der Waals surface area contributed by atoms with Crippen molar-refractivity contribution in [2.45, 2.75) is 10.2 Å². The highest BCUT2D eigenvalue weighted by atomic mass is 79.9. The van der Waals surface area contributed by atoms with E-state index in [1.54, 1.807) is 0 Å². The predicted molar refractivity (Wildman–Crippen MR) is 55.4 cm³/mol. The summed E-state index contributed by atoms with van der Waals surface area (Å²) < 4.78 is 35.0. The fourth-order valence-electron chi connectivity index (χ4n) is 0.892. The number of alkyl halides is 1. The minimum Gasteiger partial charge on any atom is -0.225 e. The van der Waals surface area contributed by atoms with Crippen molar-refractivity contribution in [2.75, 3.05) is 0 Å². The highest BCUT2D eigenvalue weighted by molar-refractivity contribution is 9.08. The highest BCUT2D eigenvalue weighted by Crippen LogP contribution is 2.25. The van der Waals surface area contributed by atoms with Crippen LogP contribution in [0.3, 0.4) is 0 Å². The average molecular weight is 303 g/mol. The van der Waals surface area contributed by atoms with Crippen LogP contribution in [0.2, 0.25) is 5.02 Å². The van der Waals surface area contributed by atoms with E-state index in [4.69, 9.17) is 16.7 Å². The van der Waals surface area contributed by atoms with Gasteiger partial charge in [0.25, 0.3) is 0 Å². The largest absolute Gasteiger partial charge is 0.239 e. The molecule has 14 heavy (non-hydrogen) atoms. The van der Waals surface area contributed by atoms with Gasteiger partial charge in [-0.1, -0.05) is 27.5 Å². The summed E-state index contributed by atoms with van der Waals surface area (Å²) in [5.41, 5.74) is 0.193. The van der Waals surface area contributed by atoms with E-state index in [2.05, 4.69) is 15.9 Å². The number of rotatable bonds is 2. The molecule has 0 aromatic heterocycles. The molecule has 0 aliphatic rings. The first kappa shape index (κ1) is 11.9. The van der Waals surface area contributed by atoms with Crippen LogP contribution in [0.15, 0.2) is 17.0 Å². The first-order valence-electron chi connectivity index (χ1n) is 3.43. The number of nitrogens with two attached hydrogens (primary N) is 1. The van der Waals surface area contributed by atoms with Crippen LogP contribution in [0, 0.1) is 5.82 Å². The molecule has 0 unspecified atom stereocenters. The van der Waals surface area contributed by atoms with Crippen LogP contribution in [0.25, 0.3) is 0 Å². The maximum absolute atomic E-state index is 13.1. The lowest BCUT2D eigenvalue weighted by Crippen LogP contribution is -2.13. The number of hydrogen-bond donors (Lipinski definition) is 1. The maximum Gasteiger partial charge on any atom is 0.239 e. The van der Waals surface area contributed by atoms with Crippen molar-refractivity contribution in [3.63, 3.8) is 0 Å². The van der Waals surface area contributed by atoms with E-state index in [-0.39, 0.29) is 20.8 Å². The zero-order valence-corrected chi connectivity index (χ0v) is 9.96. The summed E-state index contributed by atoms with van der Waals surface area (Å²) in [7, 11) is -3.90. The van der Waals surface area contributed by atoms with E-state index in [9.17, 15) is 12.8 Å². The summed E-state index contributed by atoms with van der Waals surface area (Å²) in [6, 6.07) is 2.04. The van der Waals surface area contributed by atoms with Gasteiger partial charge in [-0.2, -0.15) is 0 Å². The molecule has 7 heteroatoms. The van der Waals surface area contributed by atoms with Crippen LogP contribution in [-0.2, 0) is 15.4 Å². The van der Waals surface area contributed by atoms with Gasteiger partial charge in [-0.05, 0) is 17.7 Å². The van der Waals surface area contributed by atoms with Crippen LogP contribution in [0.4, 0.5) is 4.39 Å². The summed E-state index contributed by atoms with van der Waals surface area (Å²) in [5.74, 6) is -0.570. The molecule has 0 saturated heterocycles. The Labute approximate surface area is 94.2 Å². The summed E-state index contributed by atoms with van der Waals surface area (Å²) in [6.45, 7) is 0. The molecule has 0 radical (unpaired) electrons. The standard InChI is InChI=1S/C7H6BrClFNO2S/c8-3-4-1-7(14(11,12)13)5(9)2-6(4)10/h1-2H,3H2,(H2,11,12,13). The van der Waals surface area contributed by atoms with Crippen LogP contribution in [-0.4, -0.2) is 8.42 Å². The van der Waals surface area contributed by atoms with E-state index in [0.717, 1.165) is 12.1 Å². The van der Waals surface area contributed by atoms with Crippen LogP contribution < -0.4 is 5.14 Å². The molecule has 1 rings (SSSR count). The molecular weight excluding hydrogens is 297 g/mol. The Morgan fingerprint density at radius 2 is 2.07 bits per heavy atom. The zero-order valence-electron chi connectivity index (χ0n) is 6.80. The fraction of sp³-hybridized carbons (Fsp3) is 0.143. The Morgan fingerprint density at radius 1 is 1.50 bits per heavy atom. The minimum atomic E-state index is -3.90. The van der Waals surface area contributed by atoms with Crippen LogP contribution in [0.1, 0.15) is 5.56 Å². The van der Waals surface area contributed by atoms with Crippen molar-refractivity contribution >= 4 is 37.6 Å². The van der Waals surface area contributed by atoms with E-state index < -0.39 is 15.8 Å². The molecule has 0 fully saturated rings. The van der Waals surface area contributed by atoms with Gasteiger partial charge >= 0.3 is 0 Å². The molecule has 0 atom stereocenters. The Kier molecular flexibility index (Phi) is 3.52. The summed E-state index contributed by atoms with van der Waals surface area (Å²) in [4.78, 5) is -0.269. The van der Waals surface area contributed by atoms with Crippen LogP contribution in [0.5, 0.6) is 0 Å². The summed E-state index contributed by atoms with van der Waals surface area (Å²) in [5, 5.41) is 4.86. The average Bonchev–Trinajstić information content (AvgIpc) is 2.02. The van der Waals surface area contributed by atoms with E-state index in [1.165, 1.54) is 0 Å². The quantitative estimate of drug-likeness (QED) is 0.850. The maximum atomic E-state index is 13.1. The molecule has 0 saturated carbocycles. The molecular formula is C7H6BrClFNO2S. The molecule has 0 spiro atoms. The van der Waals surface area contributed by atoms with Crippen molar-refractivity contribution in [1.82, 2.24) is 0 Å². The van der Waals surface area contributed by atoms with E-state index in [1.807, 2.05) is 0 Å². The monoisotopic (exact) mass is 301 g/mol. The van der Waals surface area contributed by atoms with Crippen LogP contribution >= 0.6 is 27.5 Å². The number of benzene rings is 1. The Balaban J connectivity index is 3.47. The van der Waals surface area contributed by atoms with Crippen molar-refractivity contribution < 1.29 is 12.8 Å². The molecule has 1 aromatic carbocycles. The molecule has 0 bridgehead atoms. The molecule has 1 aromatic rings. The summed E-state index contributed by atoms with van der Waals surface area (Å²) in [6.07, 6.45) is 0. The van der Waals surface area contributed by atoms with Gasteiger partial charge in [-0.15, -0.1) is 0 Å². The topological polar surface area (TPSA) is 60.2 Å². The smallest absolute Gasteiger partial charge is 0.225 e. The second-order valence-corrected chi connectivity index (χ2v) is 5.05. The van der Waals surface area contributed by atoms with Crippen molar-refractivity contribution in [3.05, 3.63) is 28.5 Å². The Morgan fingerprint density at radius 3 is 2.50 bits per heavy atom. The number of primary sulfonamides is 1. The van der Waals surface area contributed by atoms with Gasteiger partial charge in [-0.25, -0.2) is 17.9 Å². The lowest BCUT2D eigenvalue weighted by Gasteiger charge is -2.04. The zero-order chi connectivity index (χ0) is 10.9. The molecule has 2 N–H and O–H groups in total. The SMILES string of the molecule is NS(=O)(=O)c1cc(CBr)c(F)cc1Cl. The Bertz CT molecular complexity index is 463. The number of halogens is 3. The predicted octanol–water partition coefficient (Wildman–Crippen LogP) is 2.02. The Hall–Kier alpha value is -0.170. The van der Waals surface area contributed by atoms with Gasteiger partial charge in [-0.3, -0.25) is 0 Å². The lowest BCUT2D eigenvalue weighted by molar-refractivity contribution is 0.595. The summed E-state index contributed by atoms with van der Waals surface area (Å²) >= 11 is 8.54. The highest BCUT2D eigenvalue weighted by Gasteiger charge is 2.16. The molecule has 3 nitrogen and oxygen atoms in total. The fourth-order valence-corrected chi connectivity index (χ4v) is 2.43. The molecule has 0 aliphatic heterocycles. The molecule has 0 aliphatic carbocycles. The van der Waals surface area contributed by atoms with Gasteiger partial charge in [0.1, 0.15) is 10.7 Å². The number of hydrogen-bond acceptors (Lipinski definition) is 2. The van der Waals surface area contributed by atoms with Gasteiger partial charge < -0.3 is 0 Å². The van der Waals surface area contributed by atoms with Crippen molar-refractivity contribution in [3.8, 4) is 0 Å². The molecule has 78 valence electrons. The third kappa shape index (κ3) is 2.44. The molecule has 0 amide bonds. The van der Waals surface area contributed by atoms with Gasteiger partial charge in [0.05, 0.1) is 5.02 Å². The third-order valence-electron chi connectivity index (χ3n) is 1.55. The third-order valence-corrected chi connectivity index (χ3v) is 3.53. The minimum absolute atomic E-state index is 0.193. The van der Waals surface area contributed by atoms with Crippen molar-refractivity contribution in [2.24, 2.45) is 5.14 Å². The van der Waals surface area contributed by atoms with Gasteiger partial charge in [0, 0.05) is 5.33 Å². The second-order valence-electron chi connectivity index (χ2n) is 2.55. The van der Waals surface area contributed by atoms with E-state index >= 15 is 0 Å². The van der Waals surface area contributed by atoms with Gasteiger partial charge in [0.15, 0.2) is 0 Å². The lowest BCUT2D eigenvalue weighted by atomic mass is 10.2. The number of sulfonamides is 1. The van der Waals surface area contributed by atoms with E-state index in [0.29, 0.717) is 0 Å². The first-order chi connectivity index (χ1) is 6.36. The van der Waals surface area contributed by atoms with Crippen molar-refractivity contribution in [1.29, 1.82) is 0 Å².